The Morgan fingerprint density at radius 1 is 1.17 bits per heavy atom. The van der Waals surface area contributed by atoms with E-state index in [0.29, 0.717) is 12.1 Å². The molecule has 1 aromatic carbocycles. The van der Waals surface area contributed by atoms with Crippen LogP contribution in [0.2, 0.25) is 39.3 Å². The number of rotatable bonds is 5. The fourth-order valence-corrected chi connectivity index (χ4v) is 7.94. The molecule has 4 heteroatoms. The van der Waals surface area contributed by atoms with Crippen LogP contribution in [-0.2, 0) is 16.0 Å². The van der Waals surface area contributed by atoms with Gasteiger partial charge >= 0.3 is 5.97 Å². The largest absolute Gasteiger partial charge is 0.463 e. The van der Waals surface area contributed by atoms with Gasteiger partial charge in [0.05, 0.1) is 22.8 Å². The van der Waals surface area contributed by atoms with Crippen LogP contribution in [0.4, 0.5) is 0 Å². The minimum Gasteiger partial charge on any atom is -0.463 e. The molecule has 2 atom stereocenters. The molecule has 0 bridgehead atoms. The highest BCUT2D eigenvalue weighted by Crippen LogP contribution is 2.47. The fraction of sp³-hybridized carbons (Fsp3) is 0.550. The van der Waals surface area contributed by atoms with Crippen LogP contribution in [0.15, 0.2) is 35.5 Å². The molecular weight excluding hydrogens is 328 g/mol. The van der Waals surface area contributed by atoms with Crippen molar-refractivity contribution in [3.63, 3.8) is 0 Å². The Labute approximate surface area is 149 Å². The highest BCUT2D eigenvalue weighted by molar-refractivity contribution is 6.81. The molecule has 0 N–H and O–H groups in total. The average molecular weight is 361 g/mol. The van der Waals surface area contributed by atoms with Gasteiger partial charge in [-0.1, -0.05) is 69.2 Å². The van der Waals surface area contributed by atoms with Crippen LogP contribution in [0.5, 0.6) is 0 Å². The Morgan fingerprint density at radius 2 is 1.79 bits per heavy atom. The lowest BCUT2D eigenvalue weighted by atomic mass is 9.96. The van der Waals surface area contributed by atoms with Gasteiger partial charge in [-0.2, -0.15) is 0 Å². The fourth-order valence-electron chi connectivity index (χ4n) is 3.95. The second kappa shape index (κ2) is 7.00. The van der Waals surface area contributed by atoms with E-state index in [2.05, 4.69) is 69.2 Å². The lowest BCUT2D eigenvalue weighted by Gasteiger charge is -2.33. The van der Waals surface area contributed by atoms with Crippen molar-refractivity contribution in [3.8, 4) is 0 Å². The number of hydrogen-bond donors (Lipinski definition) is 0. The van der Waals surface area contributed by atoms with Crippen LogP contribution in [0.1, 0.15) is 23.6 Å². The van der Waals surface area contributed by atoms with E-state index in [1.165, 1.54) is 11.1 Å². The molecule has 0 radical (unpaired) electrons. The maximum absolute atomic E-state index is 12.8. The number of esters is 1. The molecule has 1 aromatic rings. The van der Waals surface area contributed by atoms with E-state index in [1.54, 1.807) is 0 Å². The maximum Gasteiger partial charge on any atom is 0.333 e. The van der Waals surface area contributed by atoms with Crippen molar-refractivity contribution < 1.29 is 9.53 Å². The Bertz CT molecular complexity index is 636. The minimum absolute atomic E-state index is 0.0963. The Balaban J connectivity index is 2.53. The van der Waals surface area contributed by atoms with Crippen LogP contribution < -0.4 is 0 Å². The monoisotopic (exact) mass is 360 g/mol. The van der Waals surface area contributed by atoms with Gasteiger partial charge in [0.2, 0.25) is 0 Å². The summed E-state index contributed by atoms with van der Waals surface area (Å²) in [6, 6.07) is 8.77. The zero-order valence-electron chi connectivity index (χ0n) is 16.3. The van der Waals surface area contributed by atoms with Crippen molar-refractivity contribution in [2.45, 2.75) is 58.2 Å². The van der Waals surface area contributed by atoms with E-state index in [4.69, 9.17) is 4.74 Å². The summed E-state index contributed by atoms with van der Waals surface area (Å²) in [6.45, 7) is 16.5. The zero-order chi connectivity index (χ0) is 18.1. The normalized spacial score (nSPS) is 21.5. The Kier molecular flexibility index (Phi) is 5.60. The van der Waals surface area contributed by atoms with Gasteiger partial charge in [-0.25, -0.2) is 4.79 Å². The van der Waals surface area contributed by atoms with Gasteiger partial charge in [-0.3, -0.25) is 0 Å². The molecule has 0 aliphatic heterocycles. The summed E-state index contributed by atoms with van der Waals surface area (Å²) in [5.74, 6) is 0.181. The third-order valence-corrected chi connectivity index (χ3v) is 8.42. The summed E-state index contributed by atoms with van der Waals surface area (Å²) >= 11 is 0. The molecule has 0 aromatic heterocycles. The zero-order valence-corrected chi connectivity index (χ0v) is 18.3. The molecule has 0 fully saturated rings. The topological polar surface area (TPSA) is 26.3 Å². The van der Waals surface area contributed by atoms with Crippen molar-refractivity contribution in [2.75, 3.05) is 6.61 Å². The SMILES string of the molecule is CCOC(=O)/C(=C\[Si](C)(C)C)[C@H]1Cc2ccccc2[C@@H]1[Si](C)(C)C. The van der Waals surface area contributed by atoms with Gasteiger partial charge in [0.15, 0.2) is 0 Å². The summed E-state index contributed by atoms with van der Waals surface area (Å²) in [7, 11) is -3.00. The van der Waals surface area contributed by atoms with Crippen LogP contribution in [0, 0.1) is 5.92 Å². The van der Waals surface area contributed by atoms with Crippen LogP contribution in [0.25, 0.3) is 0 Å². The highest BCUT2D eigenvalue weighted by atomic mass is 28.3. The van der Waals surface area contributed by atoms with E-state index in [1.807, 2.05) is 6.92 Å². The van der Waals surface area contributed by atoms with Crippen LogP contribution in [-0.4, -0.2) is 28.7 Å². The first-order chi connectivity index (χ1) is 11.0. The maximum atomic E-state index is 12.8. The van der Waals surface area contributed by atoms with Crippen molar-refractivity contribution in [2.24, 2.45) is 5.92 Å². The average Bonchev–Trinajstić information content (AvgIpc) is 2.83. The van der Waals surface area contributed by atoms with Crippen LogP contribution in [0.3, 0.4) is 0 Å². The lowest BCUT2D eigenvalue weighted by molar-refractivity contribution is -0.139. The van der Waals surface area contributed by atoms with E-state index in [0.717, 1.165) is 12.0 Å². The van der Waals surface area contributed by atoms with Gasteiger partial charge in [-0.05, 0) is 35.9 Å². The summed E-state index contributed by atoms with van der Waals surface area (Å²) in [5.41, 5.74) is 6.60. The van der Waals surface area contributed by atoms with Gasteiger partial charge in [-0.15, -0.1) is 0 Å². The van der Waals surface area contributed by atoms with E-state index >= 15 is 0 Å². The molecule has 0 saturated heterocycles. The predicted molar refractivity (Wildman–Crippen MR) is 108 cm³/mol. The first-order valence-electron chi connectivity index (χ1n) is 9.02. The van der Waals surface area contributed by atoms with Crippen molar-refractivity contribution in [3.05, 3.63) is 46.7 Å². The number of benzene rings is 1. The predicted octanol–water partition coefficient (Wildman–Crippen LogP) is 5.19. The van der Waals surface area contributed by atoms with Crippen molar-refractivity contribution in [1.82, 2.24) is 0 Å². The molecule has 0 amide bonds. The van der Waals surface area contributed by atoms with E-state index < -0.39 is 16.1 Å². The number of hydrogen-bond acceptors (Lipinski definition) is 2. The van der Waals surface area contributed by atoms with Gasteiger partial charge < -0.3 is 4.74 Å². The lowest BCUT2D eigenvalue weighted by Crippen LogP contribution is -2.37. The first-order valence-corrected chi connectivity index (χ1v) is 16.2. The highest BCUT2D eigenvalue weighted by Gasteiger charge is 2.44. The standard InChI is InChI=1S/C20H32O2Si2/c1-8-22-20(21)18(14-23(2,3)4)17-13-15-11-9-10-12-16(15)19(17)24(5,6)7/h9-12,14,17,19H,8,13H2,1-7H3/b18-14-/t17-,19+/m1/s1. The van der Waals surface area contributed by atoms with Gasteiger partial charge in [0, 0.05) is 5.57 Å². The molecule has 24 heavy (non-hydrogen) atoms. The Morgan fingerprint density at radius 3 is 2.33 bits per heavy atom. The third kappa shape index (κ3) is 4.28. The minimum atomic E-state index is -1.52. The first kappa shape index (κ1) is 19.2. The molecule has 2 rings (SSSR count). The smallest absolute Gasteiger partial charge is 0.333 e. The molecular formula is C20H32O2Si2. The molecule has 0 heterocycles. The molecule has 0 saturated carbocycles. The van der Waals surface area contributed by atoms with Crippen molar-refractivity contribution >= 4 is 22.1 Å². The molecule has 1 aliphatic carbocycles. The number of fused-ring (bicyclic) bond motifs is 1. The second-order valence-corrected chi connectivity index (χ2v) is 19.4. The Hall–Kier alpha value is -1.14. The summed E-state index contributed by atoms with van der Waals surface area (Å²) in [5, 5.41) is 0. The third-order valence-electron chi connectivity index (χ3n) is 4.66. The number of ether oxygens (including phenoxy) is 1. The van der Waals surface area contributed by atoms with Gasteiger partial charge in [0.1, 0.15) is 0 Å². The quantitative estimate of drug-likeness (QED) is 0.410. The summed E-state index contributed by atoms with van der Waals surface area (Å²) < 4.78 is 5.45. The summed E-state index contributed by atoms with van der Waals surface area (Å²) in [4.78, 5) is 12.8. The second-order valence-electron chi connectivity index (χ2n) is 9.04. The van der Waals surface area contributed by atoms with E-state index in [-0.39, 0.29) is 11.9 Å². The van der Waals surface area contributed by atoms with Crippen molar-refractivity contribution in [1.29, 1.82) is 0 Å². The molecule has 2 nitrogen and oxygen atoms in total. The molecule has 1 aliphatic rings. The molecule has 132 valence electrons. The molecule has 0 unspecified atom stereocenters. The van der Waals surface area contributed by atoms with Gasteiger partial charge in [0.25, 0.3) is 0 Å². The molecule has 0 spiro atoms. The van der Waals surface area contributed by atoms with E-state index in [9.17, 15) is 4.79 Å². The number of carbonyl (C=O) groups excluding carboxylic acids is 1. The summed E-state index contributed by atoms with van der Waals surface area (Å²) in [6.07, 6.45) is 0.972. The van der Waals surface area contributed by atoms with Crippen LogP contribution >= 0.6 is 0 Å². The number of carbonyl (C=O) groups is 1.